The number of rotatable bonds is 4. The van der Waals surface area contributed by atoms with Gasteiger partial charge in [0.05, 0.1) is 19.9 Å². The fourth-order valence-electron chi connectivity index (χ4n) is 2.54. The second-order valence-corrected chi connectivity index (χ2v) is 6.56. The van der Waals surface area contributed by atoms with Gasteiger partial charge in [0.15, 0.2) is 0 Å². The van der Waals surface area contributed by atoms with Crippen molar-refractivity contribution in [1.82, 2.24) is 4.98 Å². The van der Waals surface area contributed by atoms with Crippen molar-refractivity contribution in [2.24, 2.45) is 0 Å². The topological polar surface area (TPSA) is 31.4 Å². The summed E-state index contributed by atoms with van der Waals surface area (Å²) in [5, 5.41) is 1.03. The van der Waals surface area contributed by atoms with Crippen molar-refractivity contribution in [1.29, 1.82) is 0 Å². The fourth-order valence-corrected chi connectivity index (χ4v) is 3.47. The van der Waals surface area contributed by atoms with Gasteiger partial charge < -0.3 is 9.47 Å². The predicted octanol–water partition coefficient (Wildman–Crippen LogP) is 5.11. The van der Waals surface area contributed by atoms with Gasteiger partial charge in [-0.3, -0.25) is 0 Å². The fraction of sp³-hybridized carbons (Fsp3) is 0.211. The Morgan fingerprint density at radius 2 is 1.78 bits per heavy atom. The summed E-state index contributed by atoms with van der Waals surface area (Å²) in [7, 11) is 3.32. The van der Waals surface area contributed by atoms with Crippen molar-refractivity contribution in [2.45, 2.75) is 13.8 Å². The predicted molar refractivity (Wildman–Crippen MR) is 95.6 cm³/mol. The van der Waals surface area contributed by atoms with Gasteiger partial charge in [-0.1, -0.05) is 23.8 Å². The molecule has 118 valence electrons. The number of hydrogen-bond donors (Lipinski definition) is 0. The van der Waals surface area contributed by atoms with Gasteiger partial charge in [0.25, 0.3) is 0 Å². The third kappa shape index (κ3) is 3.08. The van der Waals surface area contributed by atoms with Crippen LogP contribution in [-0.4, -0.2) is 19.2 Å². The highest BCUT2D eigenvalue weighted by Crippen LogP contribution is 2.38. The van der Waals surface area contributed by atoms with Crippen LogP contribution in [0.4, 0.5) is 0 Å². The minimum atomic E-state index is 0.772. The van der Waals surface area contributed by atoms with Gasteiger partial charge in [-0.05, 0) is 32.0 Å². The van der Waals surface area contributed by atoms with Crippen LogP contribution in [-0.2, 0) is 0 Å². The number of aromatic nitrogens is 1. The van der Waals surface area contributed by atoms with Crippen molar-refractivity contribution < 1.29 is 9.47 Å². The van der Waals surface area contributed by atoms with E-state index in [1.807, 2.05) is 18.2 Å². The second-order valence-electron chi connectivity index (χ2n) is 5.36. The quantitative estimate of drug-likeness (QED) is 0.668. The number of hydrogen-bond acceptors (Lipinski definition) is 4. The Bertz CT molecular complexity index is 839. The zero-order chi connectivity index (χ0) is 16.4. The Morgan fingerprint density at radius 1 is 0.957 bits per heavy atom. The van der Waals surface area contributed by atoms with Crippen LogP contribution < -0.4 is 9.47 Å². The first-order valence-corrected chi connectivity index (χ1v) is 8.21. The highest BCUT2D eigenvalue weighted by molar-refractivity contribution is 7.15. The zero-order valence-electron chi connectivity index (χ0n) is 13.7. The maximum atomic E-state index is 5.52. The van der Waals surface area contributed by atoms with E-state index in [9.17, 15) is 0 Å². The van der Waals surface area contributed by atoms with E-state index in [0.29, 0.717) is 0 Å². The molecule has 23 heavy (non-hydrogen) atoms. The Morgan fingerprint density at radius 3 is 2.48 bits per heavy atom. The summed E-state index contributed by atoms with van der Waals surface area (Å²) < 4.78 is 10.8. The van der Waals surface area contributed by atoms with Gasteiger partial charge in [0.2, 0.25) is 0 Å². The molecular formula is C19H19NO2S. The smallest absolute Gasteiger partial charge is 0.131 e. The number of ether oxygens (including phenoxy) is 2. The van der Waals surface area contributed by atoms with Gasteiger partial charge >= 0.3 is 0 Å². The molecule has 3 nitrogen and oxygen atoms in total. The van der Waals surface area contributed by atoms with E-state index in [1.54, 1.807) is 25.6 Å². The standard InChI is InChI=1S/C19H19NO2S/c1-12-6-5-7-14(10-12)19-20-18(13(2)23-19)16-9-8-15(21-3)11-17(16)22-4/h5-11H,1-4H3. The molecule has 0 amide bonds. The summed E-state index contributed by atoms with van der Waals surface area (Å²) >= 11 is 1.70. The van der Waals surface area contributed by atoms with Crippen LogP contribution in [0.1, 0.15) is 10.4 Å². The van der Waals surface area contributed by atoms with Crippen LogP contribution in [0, 0.1) is 13.8 Å². The minimum absolute atomic E-state index is 0.772. The third-order valence-corrected chi connectivity index (χ3v) is 4.75. The van der Waals surface area contributed by atoms with E-state index in [0.717, 1.165) is 33.3 Å². The van der Waals surface area contributed by atoms with Gasteiger partial charge in [-0.25, -0.2) is 4.98 Å². The highest BCUT2D eigenvalue weighted by atomic mass is 32.1. The Hall–Kier alpha value is -2.33. The molecule has 0 atom stereocenters. The van der Waals surface area contributed by atoms with E-state index < -0.39 is 0 Å². The number of thiazole rings is 1. The molecule has 0 fully saturated rings. The Kier molecular flexibility index (Phi) is 4.35. The monoisotopic (exact) mass is 325 g/mol. The molecule has 1 aromatic heterocycles. The van der Waals surface area contributed by atoms with Crippen molar-refractivity contribution in [3.8, 4) is 33.3 Å². The first-order chi connectivity index (χ1) is 11.1. The lowest BCUT2D eigenvalue weighted by Gasteiger charge is -2.09. The Labute approximate surface area is 140 Å². The van der Waals surface area contributed by atoms with Crippen LogP contribution in [0.2, 0.25) is 0 Å². The molecular weight excluding hydrogens is 306 g/mol. The summed E-state index contributed by atoms with van der Waals surface area (Å²) in [4.78, 5) is 6.02. The molecule has 0 spiro atoms. The largest absolute Gasteiger partial charge is 0.497 e. The summed E-state index contributed by atoms with van der Waals surface area (Å²) in [6.45, 7) is 4.19. The zero-order valence-corrected chi connectivity index (χ0v) is 14.5. The summed E-state index contributed by atoms with van der Waals surface area (Å²) in [5.74, 6) is 1.55. The second kappa shape index (κ2) is 6.42. The van der Waals surface area contributed by atoms with Crippen molar-refractivity contribution in [3.05, 3.63) is 52.9 Å². The molecule has 0 saturated heterocycles. The lowest BCUT2D eigenvalue weighted by atomic mass is 10.1. The maximum Gasteiger partial charge on any atom is 0.131 e. The molecule has 0 aliphatic rings. The molecule has 0 aliphatic heterocycles. The molecule has 0 saturated carbocycles. The van der Waals surface area contributed by atoms with E-state index >= 15 is 0 Å². The van der Waals surface area contributed by atoms with Crippen molar-refractivity contribution in [3.63, 3.8) is 0 Å². The SMILES string of the molecule is COc1ccc(-c2nc(-c3cccc(C)c3)sc2C)c(OC)c1. The molecule has 0 bridgehead atoms. The number of nitrogens with zero attached hydrogens (tertiary/aromatic N) is 1. The number of benzene rings is 2. The average molecular weight is 325 g/mol. The summed E-state index contributed by atoms with van der Waals surface area (Å²) in [6, 6.07) is 14.2. The molecule has 0 N–H and O–H groups in total. The highest BCUT2D eigenvalue weighted by Gasteiger charge is 2.15. The van der Waals surface area contributed by atoms with Crippen molar-refractivity contribution in [2.75, 3.05) is 14.2 Å². The van der Waals surface area contributed by atoms with Gasteiger partial charge in [-0.2, -0.15) is 0 Å². The number of aryl methyl sites for hydroxylation is 2. The van der Waals surface area contributed by atoms with E-state index in [1.165, 1.54) is 10.4 Å². The third-order valence-electron chi connectivity index (χ3n) is 3.73. The summed E-state index contributed by atoms with van der Waals surface area (Å²) in [6.07, 6.45) is 0. The van der Waals surface area contributed by atoms with Crippen LogP contribution in [0.5, 0.6) is 11.5 Å². The lowest BCUT2D eigenvalue weighted by molar-refractivity contribution is 0.395. The Balaban J connectivity index is 2.08. The van der Waals surface area contributed by atoms with Crippen molar-refractivity contribution >= 4 is 11.3 Å². The van der Waals surface area contributed by atoms with Gasteiger partial charge in [-0.15, -0.1) is 11.3 Å². The van der Waals surface area contributed by atoms with E-state index in [4.69, 9.17) is 14.5 Å². The van der Waals surface area contributed by atoms with Crippen LogP contribution in [0.25, 0.3) is 21.8 Å². The first-order valence-electron chi connectivity index (χ1n) is 7.39. The molecule has 0 unspecified atom stereocenters. The lowest BCUT2D eigenvalue weighted by Crippen LogP contribution is -1.91. The minimum Gasteiger partial charge on any atom is -0.497 e. The average Bonchev–Trinajstić information content (AvgIpc) is 2.96. The first kappa shape index (κ1) is 15.6. The van der Waals surface area contributed by atoms with Gasteiger partial charge in [0, 0.05) is 22.1 Å². The molecule has 3 aromatic rings. The van der Waals surface area contributed by atoms with E-state index in [-0.39, 0.29) is 0 Å². The van der Waals surface area contributed by atoms with Crippen LogP contribution in [0.15, 0.2) is 42.5 Å². The normalized spacial score (nSPS) is 10.6. The molecule has 3 rings (SSSR count). The van der Waals surface area contributed by atoms with Crippen LogP contribution in [0.3, 0.4) is 0 Å². The molecule has 1 heterocycles. The maximum absolute atomic E-state index is 5.52. The molecule has 0 radical (unpaired) electrons. The number of methoxy groups -OCH3 is 2. The summed E-state index contributed by atoms with van der Waals surface area (Å²) in [5.41, 5.74) is 4.34. The van der Waals surface area contributed by atoms with E-state index in [2.05, 4.69) is 38.1 Å². The molecule has 2 aromatic carbocycles. The molecule has 4 heteroatoms. The van der Waals surface area contributed by atoms with Crippen LogP contribution >= 0.6 is 11.3 Å². The van der Waals surface area contributed by atoms with Gasteiger partial charge in [0.1, 0.15) is 16.5 Å². The molecule has 0 aliphatic carbocycles.